The Morgan fingerprint density at radius 3 is 2.88 bits per heavy atom. The maximum atomic E-state index is 12.4. The molecule has 1 saturated heterocycles. The summed E-state index contributed by atoms with van der Waals surface area (Å²) in [5, 5.41) is 0.588. The molecule has 92 valence electrons. The first-order valence-electron chi connectivity index (χ1n) is 5.52. The zero-order valence-electron chi connectivity index (χ0n) is 9.49. The topological polar surface area (TPSA) is 46.3 Å². The Labute approximate surface area is 119 Å². The number of halogens is 2. The number of benzene rings is 1. The van der Waals surface area contributed by atoms with Crippen molar-refractivity contribution in [2.45, 2.75) is 25.4 Å². The van der Waals surface area contributed by atoms with Gasteiger partial charge in [-0.25, -0.2) is 0 Å². The molecular weight excluding hydrogens is 351 g/mol. The maximum absolute atomic E-state index is 12.4. The molecule has 3 nitrogen and oxygen atoms in total. The number of likely N-dealkylation sites (tertiary alicyclic amines) is 1. The van der Waals surface area contributed by atoms with Crippen molar-refractivity contribution in [3.05, 3.63) is 32.4 Å². The summed E-state index contributed by atoms with van der Waals surface area (Å²) in [6.07, 6.45) is 0.865. The molecule has 2 atom stereocenters. The summed E-state index contributed by atoms with van der Waals surface area (Å²) < 4.78 is 0.921. The summed E-state index contributed by atoms with van der Waals surface area (Å²) in [7, 11) is 0. The molecular formula is C12H14ClIN2O. The van der Waals surface area contributed by atoms with Gasteiger partial charge in [-0.3, -0.25) is 4.79 Å². The third kappa shape index (κ3) is 2.58. The van der Waals surface area contributed by atoms with Crippen LogP contribution in [0.25, 0.3) is 0 Å². The number of carbonyl (C=O) groups is 1. The Hall–Kier alpha value is -0.330. The number of hydrogen-bond acceptors (Lipinski definition) is 2. The Morgan fingerprint density at radius 2 is 2.29 bits per heavy atom. The molecule has 5 heteroatoms. The Bertz CT molecular complexity index is 452. The average molecular weight is 365 g/mol. The predicted molar refractivity (Wildman–Crippen MR) is 77.3 cm³/mol. The van der Waals surface area contributed by atoms with E-state index >= 15 is 0 Å². The van der Waals surface area contributed by atoms with Crippen LogP contribution in [-0.4, -0.2) is 29.4 Å². The van der Waals surface area contributed by atoms with E-state index in [1.165, 1.54) is 0 Å². The van der Waals surface area contributed by atoms with Gasteiger partial charge < -0.3 is 10.6 Å². The molecule has 0 aliphatic carbocycles. The molecule has 17 heavy (non-hydrogen) atoms. The van der Waals surface area contributed by atoms with Crippen LogP contribution in [0.1, 0.15) is 23.7 Å². The molecule has 0 spiro atoms. The highest BCUT2D eigenvalue weighted by Gasteiger charge is 2.32. The molecule has 1 amide bonds. The normalized spacial score (nSPS) is 24.1. The van der Waals surface area contributed by atoms with E-state index in [9.17, 15) is 4.79 Å². The van der Waals surface area contributed by atoms with Gasteiger partial charge in [0.1, 0.15) is 0 Å². The van der Waals surface area contributed by atoms with Crippen molar-refractivity contribution < 1.29 is 4.79 Å². The van der Waals surface area contributed by atoms with Crippen molar-refractivity contribution in [2.75, 3.05) is 6.54 Å². The summed E-state index contributed by atoms with van der Waals surface area (Å²) in [5.74, 6) is 0.0253. The minimum atomic E-state index is 0.0253. The first-order chi connectivity index (χ1) is 8.00. The molecule has 1 aromatic carbocycles. The lowest BCUT2D eigenvalue weighted by atomic mass is 10.1. The molecule has 0 aromatic heterocycles. The fourth-order valence-corrected chi connectivity index (χ4v) is 2.81. The molecule has 0 bridgehead atoms. The lowest BCUT2D eigenvalue weighted by Gasteiger charge is -2.23. The van der Waals surface area contributed by atoms with E-state index in [2.05, 4.69) is 22.6 Å². The summed E-state index contributed by atoms with van der Waals surface area (Å²) >= 11 is 8.09. The van der Waals surface area contributed by atoms with Gasteiger partial charge in [0, 0.05) is 27.2 Å². The van der Waals surface area contributed by atoms with Crippen molar-refractivity contribution in [1.29, 1.82) is 0 Å². The first-order valence-corrected chi connectivity index (χ1v) is 6.98. The largest absolute Gasteiger partial charge is 0.334 e. The van der Waals surface area contributed by atoms with E-state index in [4.69, 9.17) is 17.3 Å². The van der Waals surface area contributed by atoms with Crippen LogP contribution in [0.5, 0.6) is 0 Å². The van der Waals surface area contributed by atoms with Gasteiger partial charge in [0.25, 0.3) is 5.91 Å². The lowest BCUT2D eigenvalue weighted by Crippen LogP contribution is -2.40. The number of nitrogens with zero attached hydrogens (tertiary/aromatic N) is 1. The van der Waals surface area contributed by atoms with Crippen molar-refractivity contribution in [1.82, 2.24) is 4.90 Å². The zero-order chi connectivity index (χ0) is 12.6. The number of amides is 1. The quantitative estimate of drug-likeness (QED) is 0.778. The zero-order valence-corrected chi connectivity index (χ0v) is 12.4. The first kappa shape index (κ1) is 13.1. The fourth-order valence-electron chi connectivity index (χ4n) is 2.07. The Morgan fingerprint density at radius 1 is 1.59 bits per heavy atom. The number of carbonyl (C=O) groups excluding carboxylic acids is 1. The summed E-state index contributed by atoms with van der Waals surface area (Å²) in [4.78, 5) is 14.2. The second kappa shape index (κ2) is 5.12. The van der Waals surface area contributed by atoms with Gasteiger partial charge >= 0.3 is 0 Å². The van der Waals surface area contributed by atoms with Gasteiger partial charge in [-0.15, -0.1) is 0 Å². The van der Waals surface area contributed by atoms with Crippen molar-refractivity contribution in [2.24, 2.45) is 5.73 Å². The van der Waals surface area contributed by atoms with Crippen molar-refractivity contribution >= 4 is 40.1 Å². The summed E-state index contributed by atoms with van der Waals surface area (Å²) in [6.45, 7) is 2.72. The van der Waals surface area contributed by atoms with Crippen LogP contribution in [-0.2, 0) is 0 Å². The number of nitrogens with two attached hydrogens (primary N) is 1. The number of hydrogen-bond donors (Lipinski definition) is 1. The van der Waals surface area contributed by atoms with Gasteiger partial charge in [0.2, 0.25) is 0 Å². The smallest absolute Gasteiger partial charge is 0.255 e. The van der Waals surface area contributed by atoms with Gasteiger partial charge in [0.15, 0.2) is 0 Å². The van der Waals surface area contributed by atoms with Gasteiger partial charge in [0.05, 0.1) is 5.56 Å². The van der Waals surface area contributed by atoms with Crippen LogP contribution in [0.4, 0.5) is 0 Å². The highest BCUT2D eigenvalue weighted by atomic mass is 127. The van der Waals surface area contributed by atoms with Crippen LogP contribution < -0.4 is 5.73 Å². The maximum Gasteiger partial charge on any atom is 0.255 e. The second-order valence-corrected chi connectivity index (χ2v) is 5.91. The standard InChI is InChI=1S/C12H14ClIN2O/c1-7-11(15)4-5-16(7)12(17)9-6-8(13)2-3-10(9)14/h2-3,6-7,11H,4-5,15H2,1H3. The third-order valence-corrected chi connectivity index (χ3v) is 4.41. The highest BCUT2D eigenvalue weighted by molar-refractivity contribution is 14.1. The molecule has 1 aliphatic heterocycles. The van der Waals surface area contributed by atoms with E-state index in [1.807, 2.05) is 17.9 Å². The number of rotatable bonds is 1. The predicted octanol–water partition coefficient (Wildman–Crippen LogP) is 2.51. The van der Waals surface area contributed by atoms with Crippen molar-refractivity contribution in [3.8, 4) is 0 Å². The van der Waals surface area contributed by atoms with Gasteiger partial charge in [-0.05, 0) is 54.1 Å². The van der Waals surface area contributed by atoms with E-state index in [1.54, 1.807) is 12.1 Å². The SMILES string of the molecule is CC1C(N)CCN1C(=O)c1cc(Cl)ccc1I. The van der Waals surface area contributed by atoms with E-state index < -0.39 is 0 Å². The minimum Gasteiger partial charge on any atom is -0.334 e. The summed E-state index contributed by atoms with van der Waals surface area (Å²) in [5.41, 5.74) is 6.60. The van der Waals surface area contributed by atoms with Crippen molar-refractivity contribution in [3.63, 3.8) is 0 Å². The van der Waals surface area contributed by atoms with Crippen LogP contribution in [0.15, 0.2) is 18.2 Å². The fraction of sp³-hybridized carbons (Fsp3) is 0.417. The van der Waals surface area contributed by atoms with Crippen LogP contribution in [0.2, 0.25) is 5.02 Å². The molecule has 1 heterocycles. The minimum absolute atomic E-state index is 0.0253. The molecule has 2 N–H and O–H groups in total. The van der Waals surface area contributed by atoms with Gasteiger partial charge in [-0.2, -0.15) is 0 Å². The van der Waals surface area contributed by atoms with E-state index in [-0.39, 0.29) is 18.0 Å². The monoisotopic (exact) mass is 364 g/mol. The molecule has 2 rings (SSSR count). The second-order valence-electron chi connectivity index (χ2n) is 4.32. The summed E-state index contributed by atoms with van der Waals surface area (Å²) in [6, 6.07) is 5.55. The Balaban J connectivity index is 2.28. The molecule has 1 aromatic rings. The van der Waals surface area contributed by atoms with Crippen LogP contribution in [0.3, 0.4) is 0 Å². The third-order valence-electron chi connectivity index (χ3n) is 3.23. The Kier molecular flexibility index (Phi) is 3.95. The molecule has 0 radical (unpaired) electrons. The molecule has 1 fully saturated rings. The average Bonchev–Trinajstić information content (AvgIpc) is 2.62. The molecule has 1 aliphatic rings. The van der Waals surface area contributed by atoms with Gasteiger partial charge in [-0.1, -0.05) is 11.6 Å². The van der Waals surface area contributed by atoms with E-state index in [0.29, 0.717) is 10.6 Å². The van der Waals surface area contributed by atoms with Crippen LogP contribution in [0, 0.1) is 3.57 Å². The molecule has 0 saturated carbocycles. The lowest BCUT2D eigenvalue weighted by molar-refractivity contribution is 0.0741. The highest BCUT2D eigenvalue weighted by Crippen LogP contribution is 2.23. The van der Waals surface area contributed by atoms with E-state index in [0.717, 1.165) is 16.5 Å². The van der Waals surface area contributed by atoms with Crippen LogP contribution >= 0.6 is 34.2 Å². The molecule has 2 unspecified atom stereocenters.